The Balaban J connectivity index is 1.64. The van der Waals surface area contributed by atoms with E-state index in [1.807, 2.05) is 17.9 Å². The van der Waals surface area contributed by atoms with E-state index in [0.29, 0.717) is 5.82 Å². The maximum atomic E-state index is 6.10. The summed E-state index contributed by atoms with van der Waals surface area (Å²) in [5.74, 6) is 1.57. The summed E-state index contributed by atoms with van der Waals surface area (Å²) in [5, 5.41) is 5.97. The minimum atomic E-state index is 0.599. The van der Waals surface area contributed by atoms with Gasteiger partial charge in [0.25, 0.3) is 0 Å². The topological polar surface area (TPSA) is 69.6 Å². The van der Waals surface area contributed by atoms with Crippen LogP contribution in [0.4, 0.5) is 5.82 Å². The lowest BCUT2D eigenvalue weighted by Gasteiger charge is -2.03. The fourth-order valence-corrected chi connectivity index (χ4v) is 4.25. The van der Waals surface area contributed by atoms with E-state index in [-0.39, 0.29) is 0 Å². The van der Waals surface area contributed by atoms with Crippen molar-refractivity contribution >= 4 is 39.1 Å². The molecule has 0 saturated carbocycles. The summed E-state index contributed by atoms with van der Waals surface area (Å²) in [6, 6.07) is 0. The summed E-state index contributed by atoms with van der Waals surface area (Å²) in [5.41, 5.74) is 8.57. The number of hydrogen-bond acceptors (Lipinski definition) is 6. The fourth-order valence-electron chi connectivity index (χ4n) is 2.37. The average Bonchev–Trinajstić information content (AvgIpc) is 3.00. The number of nitrogens with zero attached hydrogens (tertiary/aromatic N) is 4. The molecule has 0 aliphatic rings. The molecule has 0 bridgehead atoms. The van der Waals surface area contributed by atoms with E-state index in [0.717, 1.165) is 34.0 Å². The number of hydrogen-bond donors (Lipinski definition) is 1. The number of anilines is 1. The quantitative estimate of drug-likeness (QED) is 0.440. The van der Waals surface area contributed by atoms with Gasteiger partial charge in [-0.25, -0.2) is 9.97 Å². The van der Waals surface area contributed by atoms with Crippen LogP contribution in [0.2, 0.25) is 0 Å². The summed E-state index contributed by atoms with van der Waals surface area (Å²) in [6.07, 6.45) is 6.07. The van der Waals surface area contributed by atoms with Gasteiger partial charge in [-0.05, 0) is 37.8 Å². The van der Waals surface area contributed by atoms with Crippen LogP contribution in [0.5, 0.6) is 0 Å². The van der Waals surface area contributed by atoms with Gasteiger partial charge in [-0.1, -0.05) is 11.8 Å². The highest BCUT2D eigenvalue weighted by Gasteiger charge is 2.12. The Bertz CT molecular complexity index is 806. The highest BCUT2D eigenvalue weighted by molar-refractivity contribution is 7.99. The first-order valence-corrected chi connectivity index (χ1v) is 8.98. The molecule has 0 aliphatic heterocycles. The Kier molecular flexibility index (Phi) is 4.35. The Hall–Kier alpha value is -1.60. The second-order valence-electron chi connectivity index (χ2n) is 5.33. The average molecular weight is 333 g/mol. The third-order valence-corrected chi connectivity index (χ3v) is 5.67. The zero-order chi connectivity index (χ0) is 15.7. The molecule has 0 aromatic carbocycles. The Morgan fingerprint density at radius 1 is 1.32 bits per heavy atom. The van der Waals surface area contributed by atoms with Crippen molar-refractivity contribution in [3.8, 4) is 0 Å². The van der Waals surface area contributed by atoms with Crippen molar-refractivity contribution in [2.75, 3.05) is 11.5 Å². The minimum absolute atomic E-state index is 0.599. The third kappa shape index (κ3) is 3.10. The zero-order valence-corrected chi connectivity index (χ0v) is 14.6. The van der Waals surface area contributed by atoms with Crippen LogP contribution in [0.25, 0.3) is 10.2 Å². The number of aromatic nitrogens is 4. The lowest BCUT2D eigenvalue weighted by Crippen LogP contribution is -1.97. The predicted octanol–water partition coefficient (Wildman–Crippen LogP) is 3.35. The molecule has 5 nitrogen and oxygen atoms in total. The van der Waals surface area contributed by atoms with Gasteiger partial charge in [0.05, 0.1) is 11.6 Å². The Morgan fingerprint density at radius 3 is 2.86 bits per heavy atom. The van der Waals surface area contributed by atoms with E-state index in [1.54, 1.807) is 23.1 Å². The largest absolute Gasteiger partial charge is 0.383 e. The van der Waals surface area contributed by atoms with Crippen molar-refractivity contribution in [1.82, 2.24) is 19.7 Å². The van der Waals surface area contributed by atoms with E-state index >= 15 is 0 Å². The van der Waals surface area contributed by atoms with E-state index in [1.165, 1.54) is 16.0 Å². The van der Waals surface area contributed by atoms with E-state index in [9.17, 15) is 0 Å². The monoisotopic (exact) mass is 333 g/mol. The van der Waals surface area contributed by atoms with Crippen LogP contribution in [0, 0.1) is 13.8 Å². The first-order valence-electron chi connectivity index (χ1n) is 7.18. The molecule has 0 unspecified atom stereocenters. The molecular formula is C15H19N5S2. The van der Waals surface area contributed by atoms with Crippen LogP contribution >= 0.6 is 23.1 Å². The van der Waals surface area contributed by atoms with Crippen molar-refractivity contribution in [2.45, 2.75) is 31.8 Å². The van der Waals surface area contributed by atoms with Crippen LogP contribution in [-0.2, 0) is 13.5 Å². The Morgan fingerprint density at radius 2 is 2.14 bits per heavy atom. The molecule has 3 aromatic rings. The molecule has 7 heteroatoms. The number of thiophene rings is 1. The van der Waals surface area contributed by atoms with Crippen LogP contribution < -0.4 is 5.73 Å². The minimum Gasteiger partial charge on any atom is -0.383 e. The summed E-state index contributed by atoms with van der Waals surface area (Å²) < 4.78 is 1.83. The van der Waals surface area contributed by atoms with Gasteiger partial charge in [0.2, 0.25) is 0 Å². The molecule has 0 fully saturated rings. The number of nitrogens with two attached hydrogens (primary N) is 1. The van der Waals surface area contributed by atoms with Gasteiger partial charge in [0.15, 0.2) is 5.16 Å². The van der Waals surface area contributed by atoms with E-state index in [4.69, 9.17) is 5.73 Å². The molecule has 3 aromatic heterocycles. The first-order chi connectivity index (χ1) is 10.5. The van der Waals surface area contributed by atoms with Gasteiger partial charge in [-0.2, -0.15) is 5.10 Å². The van der Waals surface area contributed by atoms with Gasteiger partial charge in [0, 0.05) is 23.9 Å². The lowest BCUT2D eigenvalue weighted by atomic mass is 10.2. The van der Waals surface area contributed by atoms with Crippen molar-refractivity contribution in [1.29, 1.82) is 0 Å². The molecule has 2 N–H and O–H groups in total. The number of fused-ring (bicyclic) bond motifs is 1. The van der Waals surface area contributed by atoms with Crippen molar-refractivity contribution in [2.24, 2.45) is 7.05 Å². The number of nitrogen functional groups attached to an aromatic ring is 1. The molecule has 0 spiro atoms. The van der Waals surface area contributed by atoms with Gasteiger partial charge in [-0.15, -0.1) is 11.3 Å². The van der Waals surface area contributed by atoms with Crippen LogP contribution in [0.15, 0.2) is 17.6 Å². The van der Waals surface area contributed by atoms with Crippen LogP contribution in [0.1, 0.15) is 22.4 Å². The molecule has 3 rings (SSSR count). The third-order valence-electron chi connectivity index (χ3n) is 3.64. The summed E-state index contributed by atoms with van der Waals surface area (Å²) in [4.78, 5) is 11.3. The smallest absolute Gasteiger partial charge is 0.190 e. The van der Waals surface area contributed by atoms with Crippen LogP contribution in [-0.4, -0.2) is 25.5 Å². The fraction of sp³-hybridized carbons (Fsp3) is 0.400. The van der Waals surface area contributed by atoms with Gasteiger partial charge < -0.3 is 5.73 Å². The summed E-state index contributed by atoms with van der Waals surface area (Å²) >= 11 is 3.36. The second-order valence-corrected chi connectivity index (χ2v) is 7.59. The maximum Gasteiger partial charge on any atom is 0.190 e. The first kappa shape index (κ1) is 15.3. The predicted molar refractivity (Wildman–Crippen MR) is 93.6 cm³/mol. The van der Waals surface area contributed by atoms with Crippen molar-refractivity contribution in [3.63, 3.8) is 0 Å². The van der Waals surface area contributed by atoms with Gasteiger partial charge >= 0.3 is 0 Å². The van der Waals surface area contributed by atoms with Crippen LogP contribution in [0.3, 0.4) is 0 Å². The van der Waals surface area contributed by atoms with E-state index in [2.05, 4.69) is 35.1 Å². The van der Waals surface area contributed by atoms with Gasteiger partial charge in [0.1, 0.15) is 10.6 Å². The molecule has 0 aliphatic carbocycles. The second kappa shape index (κ2) is 6.26. The standard InChI is InChI=1S/C15H19N5S2/c1-9-10(2)22-14-12(9)13(16)18-15(19-14)21-6-4-5-11-7-17-20(3)8-11/h7-8H,4-6H2,1-3H3,(H2,16,18,19). The highest BCUT2D eigenvalue weighted by atomic mass is 32.2. The lowest BCUT2D eigenvalue weighted by molar-refractivity contribution is 0.766. The normalized spacial score (nSPS) is 11.4. The van der Waals surface area contributed by atoms with E-state index < -0.39 is 0 Å². The zero-order valence-electron chi connectivity index (χ0n) is 13.0. The van der Waals surface area contributed by atoms with Gasteiger partial charge in [-0.3, -0.25) is 4.68 Å². The molecular weight excluding hydrogens is 314 g/mol. The molecule has 0 amide bonds. The SMILES string of the molecule is Cc1sc2nc(SCCCc3cnn(C)c3)nc(N)c2c1C. The molecule has 116 valence electrons. The molecule has 0 saturated heterocycles. The number of aryl methyl sites for hydroxylation is 4. The summed E-state index contributed by atoms with van der Waals surface area (Å²) in [7, 11) is 1.94. The molecule has 0 atom stereocenters. The molecule has 22 heavy (non-hydrogen) atoms. The molecule has 0 radical (unpaired) electrons. The number of thioether (sulfide) groups is 1. The highest BCUT2D eigenvalue weighted by Crippen LogP contribution is 2.33. The summed E-state index contributed by atoms with van der Waals surface area (Å²) in [6.45, 7) is 4.18. The Labute approximate surface area is 138 Å². The number of rotatable bonds is 5. The molecule has 3 heterocycles. The maximum absolute atomic E-state index is 6.10. The van der Waals surface area contributed by atoms with Crippen molar-refractivity contribution in [3.05, 3.63) is 28.4 Å². The van der Waals surface area contributed by atoms with Crippen molar-refractivity contribution < 1.29 is 0 Å².